The summed E-state index contributed by atoms with van der Waals surface area (Å²) in [4.78, 5) is 28.4. The quantitative estimate of drug-likeness (QED) is 0.802. The van der Waals surface area contributed by atoms with Crippen LogP contribution in [0.3, 0.4) is 0 Å². The van der Waals surface area contributed by atoms with Crippen molar-refractivity contribution in [3.05, 3.63) is 48.0 Å². The second-order valence-electron chi connectivity index (χ2n) is 6.31. The van der Waals surface area contributed by atoms with Crippen LogP contribution >= 0.6 is 11.8 Å². The van der Waals surface area contributed by atoms with Crippen molar-refractivity contribution in [3.63, 3.8) is 0 Å². The number of amides is 2. The third-order valence-corrected chi connectivity index (χ3v) is 5.58. The summed E-state index contributed by atoms with van der Waals surface area (Å²) in [5, 5.41) is 5.01. The highest BCUT2D eigenvalue weighted by Crippen LogP contribution is 2.30. The molecule has 1 saturated heterocycles. The van der Waals surface area contributed by atoms with Crippen molar-refractivity contribution in [1.82, 2.24) is 4.90 Å². The molecule has 25 heavy (non-hydrogen) atoms. The first-order chi connectivity index (χ1) is 12.2. The highest BCUT2D eigenvalue weighted by atomic mass is 32.2. The van der Waals surface area contributed by atoms with Crippen molar-refractivity contribution < 1.29 is 14.9 Å². The van der Waals surface area contributed by atoms with Gasteiger partial charge in [-0.3, -0.25) is 9.59 Å². The molecule has 0 radical (unpaired) electrons. The van der Waals surface area contributed by atoms with Gasteiger partial charge in [0.1, 0.15) is 6.54 Å². The van der Waals surface area contributed by atoms with Gasteiger partial charge in [-0.05, 0) is 41.6 Å². The molecule has 4 rings (SSSR count). The van der Waals surface area contributed by atoms with E-state index in [0.29, 0.717) is 24.3 Å². The Balaban J connectivity index is 1.74. The Labute approximate surface area is 150 Å². The third kappa shape index (κ3) is 2.92. The van der Waals surface area contributed by atoms with Gasteiger partial charge in [-0.2, -0.15) is 0 Å². The molecule has 1 atom stereocenters. The lowest BCUT2D eigenvalue weighted by molar-refractivity contribution is -0.665. The fraction of sp³-hybridized carbons (Fsp3) is 0.263. The van der Waals surface area contributed by atoms with E-state index in [2.05, 4.69) is 34.9 Å². The number of hydrogen-bond donors (Lipinski definition) is 2. The molecule has 0 spiro atoms. The highest BCUT2D eigenvalue weighted by molar-refractivity contribution is 7.98. The minimum Gasteiger partial charge on any atom is -0.343 e. The SMILES string of the molecule is CSc1ccc(-c2ccc3c(c2)C(=O)N2CC[NH2+]C[C@@H]2C(=O)N3)cc1. The molecule has 0 bridgehead atoms. The number of hydrogen-bond acceptors (Lipinski definition) is 3. The number of thioether (sulfide) groups is 1. The van der Waals surface area contributed by atoms with E-state index in [1.807, 2.05) is 24.5 Å². The number of piperazine rings is 1. The molecular formula is C19H20N3O2S+. The Morgan fingerprint density at radius 1 is 1.12 bits per heavy atom. The molecule has 5 nitrogen and oxygen atoms in total. The zero-order valence-electron chi connectivity index (χ0n) is 14.0. The van der Waals surface area contributed by atoms with Crippen LogP contribution in [0.1, 0.15) is 10.4 Å². The number of anilines is 1. The molecule has 2 aliphatic heterocycles. The molecule has 128 valence electrons. The zero-order chi connectivity index (χ0) is 17.4. The van der Waals surface area contributed by atoms with Gasteiger partial charge in [-0.1, -0.05) is 18.2 Å². The van der Waals surface area contributed by atoms with Crippen LogP contribution in [0.2, 0.25) is 0 Å². The van der Waals surface area contributed by atoms with E-state index < -0.39 is 6.04 Å². The van der Waals surface area contributed by atoms with Crippen LogP contribution in [-0.4, -0.2) is 48.6 Å². The van der Waals surface area contributed by atoms with E-state index in [1.54, 1.807) is 16.7 Å². The van der Waals surface area contributed by atoms with Crippen LogP contribution in [-0.2, 0) is 4.79 Å². The predicted octanol–water partition coefficient (Wildman–Crippen LogP) is 1.42. The van der Waals surface area contributed by atoms with Gasteiger partial charge < -0.3 is 15.5 Å². The first-order valence-electron chi connectivity index (χ1n) is 8.39. The summed E-state index contributed by atoms with van der Waals surface area (Å²) in [6.45, 7) is 2.05. The van der Waals surface area contributed by atoms with Gasteiger partial charge in [0.2, 0.25) is 0 Å². The first-order valence-corrected chi connectivity index (χ1v) is 9.62. The van der Waals surface area contributed by atoms with Crippen molar-refractivity contribution in [2.24, 2.45) is 0 Å². The number of nitrogens with two attached hydrogens (primary N) is 1. The van der Waals surface area contributed by atoms with Crippen molar-refractivity contribution in [3.8, 4) is 11.1 Å². The van der Waals surface area contributed by atoms with Crippen molar-refractivity contribution in [1.29, 1.82) is 0 Å². The predicted molar refractivity (Wildman–Crippen MR) is 98.8 cm³/mol. The van der Waals surface area contributed by atoms with E-state index in [4.69, 9.17) is 0 Å². The second-order valence-corrected chi connectivity index (χ2v) is 7.19. The van der Waals surface area contributed by atoms with Crippen LogP contribution in [0.5, 0.6) is 0 Å². The summed E-state index contributed by atoms with van der Waals surface area (Å²) < 4.78 is 0. The molecule has 2 amide bonds. The molecule has 2 aromatic rings. The average Bonchev–Trinajstić information content (AvgIpc) is 2.77. The smallest absolute Gasteiger partial charge is 0.257 e. The Morgan fingerprint density at radius 3 is 2.64 bits per heavy atom. The van der Waals surface area contributed by atoms with E-state index in [9.17, 15) is 9.59 Å². The summed E-state index contributed by atoms with van der Waals surface area (Å²) >= 11 is 1.70. The fourth-order valence-electron chi connectivity index (χ4n) is 3.44. The maximum absolute atomic E-state index is 13.0. The Hall–Kier alpha value is -2.31. The van der Waals surface area contributed by atoms with Crippen LogP contribution in [0.15, 0.2) is 47.4 Å². The highest BCUT2D eigenvalue weighted by Gasteiger charge is 2.38. The maximum atomic E-state index is 13.0. The lowest BCUT2D eigenvalue weighted by Gasteiger charge is -2.30. The lowest BCUT2D eigenvalue weighted by atomic mass is 10.0. The van der Waals surface area contributed by atoms with Crippen LogP contribution in [0, 0.1) is 0 Å². The number of rotatable bonds is 2. The molecule has 0 saturated carbocycles. The van der Waals surface area contributed by atoms with Gasteiger partial charge in [-0.25, -0.2) is 0 Å². The fourth-order valence-corrected chi connectivity index (χ4v) is 3.85. The topological polar surface area (TPSA) is 66.0 Å². The van der Waals surface area contributed by atoms with Crippen LogP contribution in [0.25, 0.3) is 11.1 Å². The molecule has 6 heteroatoms. The van der Waals surface area contributed by atoms with E-state index >= 15 is 0 Å². The van der Waals surface area contributed by atoms with Gasteiger partial charge in [0.15, 0.2) is 6.04 Å². The summed E-state index contributed by atoms with van der Waals surface area (Å²) in [5.41, 5.74) is 3.22. The second kappa shape index (κ2) is 6.54. The number of quaternary nitrogens is 1. The van der Waals surface area contributed by atoms with Gasteiger partial charge in [0, 0.05) is 4.90 Å². The minimum absolute atomic E-state index is 0.0611. The number of nitrogens with zero attached hydrogens (tertiary/aromatic N) is 1. The molecule has 3 N–H and O–H groups in total. The standard InChI is InChI=1S/C19H19N3O2S/c1-25-14-5-2-12(3-6-14)13-4-7-16-15(10-13)19(24)22-9-8-20-11-17(22)18(23)21-16/h2-7,10,17,20H,8-9,11H2,1H3,(H,21,23)/p+1/t17-/m1/s1. The molecule has 2 aliphatic rings. The first kappa shape index (κ1) is 16.2. The molecule has 0 aromatic heterocycles. The molecule has 0 unspecified atom stereocenters. The van der Waals surface area contributed by atoms with E-state index in [-0.39, 0.29) is 11.8 Å². The van der Waals surface area contributed by atoms with Crippen molar-refractivity contribution in [2.75, 3.05) is 31.2 Å². The van der Waals surface area contributed by atoms with Gasteiger partial charge in [0.25, 0.3) is 11.8 Å². The Morgan fingerprint density at radius 2 is 1.88 bits per heavy atom. The molecular weight excluding hydrogens is 334 g/mol. The Kier molecular flexibility index (Phi) is 4.23. The average molecular weight is 354 g/mol. The molecule has 1 fully saturated rings. The summed E-state index contributed by atoms with van der Waals surface area (Å²) in [6, 6.07) is 13.6. The lowest BCUT2D eigenvalue weighted by Crippen LogP contribution is -2.92. The van der Waals surface area contributed by atoms with Crippen LogP contribution < -0.4 is 10.6 Å². The largest absolute Gasteiger partial charge is 0.343 e. The van der Waals surface area contributed by atoms with Crippen LogP contribution in [0.4, 0.5) is 5.69 Å². The number of carbonyl (C=O) groups excluding carboxylic acids is 2. The minimum atomic E-state index is -0.391. The zero-order valence-corrected chi connectivity index (χ0v) is 14.8. The summed E-state index contributed by atoms with van der Waals surface area (Å²) in [6.07, 6.45) is 2.05. The summed E-state index contributed by atoms with van der Waals surface area (Å²) in [5.74, 6) is -0.158. The Bertz CT molecular complexity index is 835. The maximum Gasteiger partial charge on any atom is 0.257 e. The normalized spacial score (nSPS) is 19.7. The van der Waals surface area contributed by atoms with Gasteiger partial charge in [-0.15, -0.1) is 11.8 Å². The monoisotopic (exact) mass is 354 g/mol. The van der Waals surface area contributed by atoms with Crippen molar-refractivity contribution in [2.45, 2.75) is 10.9 Å². The van der Waals surface area contributed by atoms with E-state index in [1.165, 1.54) is 4.90 Å². The number of carbonyl (C=O) groups is 2. The summed E-state index contributed by atoms with van der Waals surface area (Å²) in [7, 11) is 0. The molecule has 2 heterocycles. The third-order valence-electron chi connectivity index (χ3n) is 4.83. The molecule has 0 aliphatic carbocycles. The number of fused-ring (bicyclic) bond motifs is 2. The molecule has 2 aromatic carbocycles. The van der Waals surface area contributed by atoms with Crippen molar-refractivity contribution >= 4 is 29.3 Å². The van der Waals surface area contributed by atoms with Gasteiger partial charge in [0.05, 0.1) is 24.3 Å². The van der Waals surface area contributed by atoms with E-state index in [0.717, 1.165) is 17.7 Å². The number of benzene rings is 2. The van der Waals surface area contributed by atoms with Gasteiger partial charge >= 0.3 is 0 Å². The number of nitrogens with one attached hydrogen (secondary N) is 1.